The fraction of sp³-hybridized carbons (Fsp3) is 0.364. The highest BCUT2D eigenvalue weighted by molar-refractivity contribution is 8.45. The van der Waals surface area contributed by atoms with Gasteiger partial charge in [-0.2, -0.15) is 0 Å². The van der Waals surface area contributed by atoms with Gasteiger partial charge in [-0.3, -0.25) is 9.59 Å². The van der Waals surface area contributed by atoms with Crippen molar-refractivity contribution in [3.05, 3.63) is 42.5 Å². The Balaban J connectivity index is 1.03. The molecule has 2 aromatic rings. The molecule has 3 aliphatic carbocycles. The zero-order valence-electron chi connectivity index (χ0n) is 19.1. The zero-order valence-corrected chi connectivity index (χ0v) is 19.9. The van der Waals surface area contributed by atoms with Gasteiger partial charge in [-0.1, -0.05) is 19.4 Å². The average Bonchev–Trinajstić information content (AvgIpc) is 3.05. The molecule has 0 radical (unpaired) electrons. The second-order valence-corrected chi connectivity index (χ2v) is 11.9. The standard InChI is InChI=1S/C22H19F7N2O6S/c23-22(24)36-16-6-3-14(7-17(16)37-22)35-9-19(33)31-21-10-20(11-21,12-21)30-18(32)8-34-13-1-4-15(5-2-13)38(25,26,27,28)29/h1-7H,8-12H2,(H,30,32)(H,31,33). The lowest BCUT2D eigenvalue weighted by atomic mass is 9.44. The number of nitrogens with one attached hydrogen (secondary N) is 2. The van der Waals surface area contributed by atoms with E-state index in [0.29, 0.717) is 31.4 Å². The van der Waals surface area contributed by atoms with Crippen molar-refractivity contribution in [3.63, 3.8) is 0 Å². The molecule has 0 spiro atoms. The van der Waals surface area contributed by atoms with E-state index in [4.69, 9.17) is 9.47 Å². The van der Waals surface area contributed by atoms with Gasteiger partial charge in [0.15, 0.2) is 24.7 Å². The van der Waals surface area contributed by atoms with E-state index >= 15 is 0 Å². The molecular formula is C22H19F7N2O6S. The van der Waals surface area contributed by atoms with Gasteiger partial charge in [0.05, 0.1) is 0 Å². The Morgan fingerprint density at radius 3 is 1.76 bits per heavy atom. The van der Waals surface area contributed by atoms with Crippen LogP contribution in [0, 0.1) is 0 Å². The molecule has 2 bridgehead atoms. The van der Waals surface area contributed by atoms with Crippen LogP contribution in [0.25, 0.3) is 0 Å². The van der Waals surface area contributed by atoms with Crippen molar-refractivity contribution in [1.82, 2.24) is 10.6 Å². The summed E-state index contributed by atoms with van der Waals surface area (Å²) in [4.78, 5) is 22.4. The summed E-state index contributed by atoms with van der Waals surface area (Å²) < 4.78 is 109. The van der Waals surface area contributed by atoms with Crippen molar-refractivity contribution in [1.29, 1.82) is 0 Å². The lowest BCUT2D eigenvalue weighted by Gasteiger charge is -2.70. The highest BCUT2D eigenvalue weighted by Gasteiger charge is 2.69. The number of benzene rings is 2. The second-order valence-electron chi connectivity index (χ2n) is 9.48. The van der Waals surface area contributed by atoms with Gasteiger partial charge < -0.3 is 29.6 Å². The highest BCUT2D eigenvalue weighted by atomic mass is 32.5. The molecule has 2 amide bonds. The Kier molecular flexibility index (Phi) is 5.15. The van der Waals surface area contributed by atoms with Crippen LogP contribution in [0.5, 0.6) is 23.0 Å². The number of ether oxygens (including phenoxy) is 4. The van der Waals surface area contributed by atoms with E-state index in [1.807, 2.05) is 0 Å². The summed E-state index contributed by atoms with van der Waals surface area (Å²) in [5.41, 5.74) is -1.10. The van der Waals surface area contributed by atoms with Crippen LogP contribution in [0.3, 0.4) is 0 Å². The molecule has 0 saturated heterocycles. The van der Waals surface area contributed by atoms with Crippen LogP contribution >= 0.6 is 10.2 Å². The minimum atomic E-state index is -9.79. The number of halogens is 7. The molecule has 1 heterocycles. The number of carbonyl (C=O) groups is 2. The Bertz CT molecular complexity index is 1300. The maximum absolute atomic E-state index is 13.1. The van der Waals surface area contributed by atoms with Crippen molar-refractivity contribution in [3.8, 4) is 23.0 Å². The Labute approximate surface area is 210 Å². The summed E-state index contributed by atoms with van der Waals surface area (Å²) in [6.45, 7) is -0.946. The number of carbonyl (C=O) groups excluding carboxylic acids is 2. The van der Waals surface area contributed by atoms with Gasteiger partial charge >= 0.3 is 16.5 Å². The lowest BCUT2D eigenvalue weighted by molar-refractivity contribution is -0.286. The molecule has 1 aliphatic heterocycles. The predicted octanol–water partition coefficient (Wildman–Crippen LogP) is 5.03. The Hall–Kier alpha value is -3.56. The minimum absolute atomic E-state index is 0.116. The van der Waals surface area contributed by atoms with Crippen molar-refractivity contribution < 1.29 is 56.7 Å². The molecule has 6 rings (SSSR count). The molecule has 208 valence electrons. The molecule has 3 fully saturated rings. The average molecular weight is 572 g/mol. The maximum atomic E-state index is 13.1. The van der Waals surface area contributed by atoms with Gasteiger partial charge in [0, 0.05) is 17.1 Å². The molecule has 2 aromatic carbocycles. The first-order valence-corrected chi connectivity index (χ1v) is 12.9. The normalized spacial score (nSPS) is 26.1. The third-order valence-corrected chi connectivity index (χ3v) is 7.38. The van der Waals surface area contributed by atoms with Gasteiger partial charge in [0.2, 0.25) is 0 Å². The van der Waals surface area contributed by atoms with E-state index in [2.05, 4.69) is 20.1 Å². The van der Waals surface area contributed by atoms with Crippen LogP contribution in [0.4, 0.5) is 28.2 Å². The lowest BCUT2D eigenvalue weighted by Crippen LogP contribution is -2.84. The first-order valence-electron chi connectivity index (χ1n) is 11.0. The Morgan fingerprint density at radius 1 is 0.763 bits per heavy atom. The first-order chi connectivity index (χ1) is 17.3. The fourth-order valence-electron chi connectivity index (χ4n) is 4.83. The van der Waals surface area contributed by atoms with Gasteiger partial charge in [0.25, 0.3) is 11.8 Å². The molecule has 38 heavy (non-hydrogen) atoms. The monoisotopic (exact) mass is 572 g/mol. The second kappa shape index (κ2) is 7.51. The van der Waals surface area contributed by atoms with E-state index in [0.717, 1.165) is 6.07 Å². The first kappa shape index (κ1) is 26.1. The summed E-state index contributed by atoms with van der Waals surface area (Å²) in [5.74, 6) is -1.50. The third-order valence-electron chi connectivity index (χ3n) is 6.22. The molecule has 0 unspecified atom stereocenters. The molecule has 0 aromatic heterocycles. The maximum Gasteiger partial charge on any atom is 0.586 e. The summed E-state index contributed by atoms with van der Waals surface area (Å²) in [6, 6.07) is 5.51. The Morgan fingerprint density at radius 2 is 1.24 bits per heavy atom. The highest BCUT2D eigenvalue weighted by Crippen LogP contribution is 3.02. The van der Waals surface area contributed by atoms with Gasteiger partial charge in [0.1, 0.15) is 16.4 Å². The number of hydrogen-bond acceptors (Lipinski definition) is 6. The molecule has 3 saturated carbocycles. The van der Waals surface area contributed by atoms with Crippen LogP contribution in [-0.2, 0) is 9.59 Å². The van der Waals surface area contributed by atoms with E-state index in [1.54, 1.807) is 0 Å². The smallest absolute Gasteiger partial charge is 0.484 e. The fourth-order valence-corrected chi connectivity index (χ4v) is 5.48. The summed E-state index contributed by atoms with van der Waals surface area (Å²) >= 11 is 0. The largest absolute Gasteiger partial charge is 0.586 e. The quantitative estimate of drug-likeness (QED) is 0.410. The molecule has 16 heteroatoms. The molecule has 2 N–H and O–H groups in total. The van der Waals surface area contributed by atoms with Gasteiger partial charge in [-0.25, -0.2) is 0 Å². The van der Waals surface area contributed by atoms with Crippen LogP contribution in [0.15, 0.2) is 47.4 Å². The molecular weight excluding hydrogens is 553 g/mol. The number of hydrogen-bond donors (Lipinski definition) is 2. The third kappa shape index (κ3) is 5.35. The van der Waals surface area contributed by atoms with Crippen molar-refractivity contribution in [2.24, 2.45) is 0 Å². The molecule has 0 atom stereocenters. The van der Waals surface area contributed by atoms with Crippen molar-refractivity contribution in [2.45, 2.75) is 41.5 Å². The van der Waals surface area contributed by atoms with Gasteiger partial charge in [-0.15, -0.1) is 8.78 Å². The molecule has 4 aliphatic rings. The topological polar surface area (TPSA) is 95.1 Å². The van der Waals surface area contributed by atoms with Crippen LogP contribution < -0.4 is 29.6 Å². The summed E-state index contributed by atoms with van der Waals surface area (Å²) in [7, 11) is -9.79. The number of fused-ring (bicyclic) bond motifs is 1. The van der Waals surface area contributed by atoms with Crippen LogP contribution in [-0.4, -0.2) is 42.4 Å². The number of rotatable bonds is 9. The van der Waals surface area contributed by atoms with E-state index < -0.39 is 57.5 Å². The summed E-state index contributed by atoms with van der Waals surface area (Å²) in [5, 5.41) is 5.54. The minimum Gasteiger partial charge on any atom is -0.484 e. The number of alkyl halides is 2. The van der Waals surface area contributed by atoms with E-state index in [-0.39, 0.29) is 35.1 Å². The van der Waals surface area contributed by atoms with Crippen LogP contribution in [0.1, 0.15) is 19.3 Å². The number of amides is 2. The van der Waals surface area contributed by atoms with Crippen molar-refractivity contribution in [2.75, 3.05) is 13.2 Å². The van der Waals surface area contributed by atoms with E-state index in [1.165, 1.54) is 12.1 Å². The van der Waals surface area contributed by atoms with Crippen molar-refractivity contribution >= 4 is 22.0 Å². The molecule has 8 nitrogen and oxygen atoms in total. The summed E-state index contributed by atoms with van der Waals surface area (Å²) in [6.07, 6.45) is -2.50. The van der Waals surface area contributed by atoms with E-state index in [9.17, 15) is 37.8 Å². The van der Waals surface area contributed by atoms with Gasteiger partial charge in [-0.05, 0) is 55.7 Å². The predicted molar refractivity (Wildman–Crippen MR) is 117 cm³/mol. The zero-order chi connectivity index (χ0) is 27.7. The van der Waals surface area contributed by atoms with Crippen LogP contribution in [0.2, 0.25) is 0 Å². The SMILES string of the molecule is O=C(COc1ccc(S(F)(F)(F)(F)F)cc1)NC12CC(NC(=O)COc3ccc4c(c3)OC(F)(F)O4)(C1)C2.